The lowest BCUT2D eigenvalue weighted by atomic mass is 9.89. The summed E-state index contributed by atoms with van der Waals surface area (Å²) in [5.74, 6) is 0.633. The van der Waals surface area contributed by atoms with E-state index in [4.69, 9.17) is 16.0 Å². The maximum Gasteiger partial charge on any atom is 0.258 e. The van der Waals surface area contributed by atoms with Crippen LogP contribution in [0, 0.1) is 0 Å². The number of phenolic OH excluding ortho intramolecular Hbond substituents is 1. The van der Waals surface area contributed by atoms with Gasteiger partial charge in [-0.25, -0.2) is 0 Å². The minimum atomic E-state index is -0.0714. The van der Waals surface area contributed by atoms with E-state index in [1.807, 2.05) is 17.0 Å². The fraction of sp³-hybridized carbons (Fsp3) is 0.312. The number of carbonyl (C=O) groups excluding carboxylic acids is 1. The van der Waals surface area contributed by atoms with Crippen molar-refractivity contribution in [1.29, 1.82) is 0 Å². The van der Waals surface area contributed by atoms with E-state index in [-0.39, 0.29) is 16.9 Å². The van der Waals surface area contributed by atoms with E-state index < -0.39 is 0 Å². The number of aromatic hydroxyl groups is 1. The van der Waals surface area contributed by atoms with Gasteiger partial charge in [0.15, 0.2) is 0 Å². The summed E-state index contributed by atoms with van der Waals surface area (Å²) in [4.78, 5) is 14.1. The van der Waals surface area contributed by atoms with Crippen molar-refractivity contribution in [2.45, 2.75) is 18.8 Å². The molecule has 2 heterocycles. The van der Waals surface area contributed by atoms with Gasteiger partial charge in [-0.3, -0.25) is 4.79 Å². The summed E-state index contributed by atoms with van der Waals surface area (Å²) in [6.45, 7) is 1.40. The van der Waals surface area contributed by atoms with Crippen molar-refractivity contribution < 1.29 is 14.3 Å². The second-order valence-electron chi connectivity index (χ2n) is 5.27. The minimum absolute atomic E-state index is 0.0714. The summed E-state index contributed by atoms with van der Waals surface area (Å²) in [7, 11) is 0. The fourth-order valence-corrected chi connectivity index (χ4v) is 2.97. The zero-order valence-corrected chi connectivity index (χ0v) is 12.2. The van der Waals surface area contributed by atoms with Crippen LogP contribution in [0.2, 0.25) is 5.22 Å². The average Bonchev–Trinajstić information content (AvgIpc) is 2.94. The quantitative estimate of drug-likeness (QED) is 0.921. The second kappa shape index (κ2) is 5.82. The van der Waals surface area contributed by atoms with E-state index in [2.05, 4.69) is 0 Å². The summed E-state index contributed by atoms with van der Waals surface area (Å²) in [6.07, 6.45) is 3.25. The molecule has 0 atom stereocenters. The Balaban J connectivity index is 1.64. The molecule has 5 heteroatoms. The molecule has 21 heavy (non-hydrogen) atoms. The third kappa shape index (κ3) is 2.90. The molecule has 1 amide bonds. The first-order chi connectivity index (χ1) is 10.1. The Hall–Kier alpha value is -1.94. The lowest BCUT2D eigenvalue weighted by Crippen LogP contribution is -2.37. The molecular formula is C16H16ClNO3. The monoisotopic (exact) mass is 305 g/mol. The molecular weight excluding hydrogens is 290 g/mol. The van der Waals surface area contributed by atoms with Crippen LogP contribution in [-0.2, 0) is 0 Å². The number of benzene rings is 1. The topological polar surface area (TPSA) is 53.7 Å². The highest BCUT2D eigenvalue weighted by Gasteiger charge is 2.26. The molecule has 1 aliphatic rings. The number of piperidine rings is 1. The molecule has 1 fully saturated rings. The summed E-state index contributed by atoms with van der Waals surface area (Å²) in [5.41, 5.74) is 1.64. The van der Waals surface area contributed by atoms with E-state index in [1.165, 1.54) is 11.8 Å². The van der Waals surface area contributed by atoms with Crippen molar-refractivity contribution in [3.05, 3.63) is 52.9 Å². The van der Waals surface area contributed by atoms with Crippen LogP contribution in [0.5, 0.6) is 5.75 Å². The lowest BCUT2D eigenvalue weighted by molar-refractivity contribution is 0.0712. The SMILES string of the molecule is O=C(c1ccoc1Cl)N1CCC(c2ccc(O)cc2)CC1. The fourth-order valence-electron chi connectivity index (χ4n) is 2.78. The van der Waals surface area contributed by atoms with E-state index in [9.17, 15) is 9.90 Å². The first-order valence-electron chi connectivity index (χ1n) is 6.96. The zero-order chi connectivity index (χ0) is 14.8. The standard InChI is InChI=1S/C16H16ClNO3/c17-15-14(7-10-21-15)16(20)18-8-5-12(6-9-18)11-1-3-13(19)4-2-11/h1-4,7,10,12,19H,5-6,8-9H2. The number of amides is 1. The number of phenols is 1. The Morgan fingerprint density at radius 1 is 1.19 bits per heavy atom. The molecule has 0 bridgehead atoms. The first kappa shape index (κ1) is 14.0. The van der Waals surface area contributed by atoms with E-state index in [0.29, 0.717) is 24.6 Å². The van der Waals surface area contributed by atoms with E-state index in [1.54, 1.807) is 18.2 Å². The molecule has 4 nitrogen and oxygen atoms in total. The van der Waals surface area contributed by atoms with Gasteiger partial charge in [0.05, 0.1) is 11.8 Å². The number of carbonyl (C=O) groups is 1. The van der Waals surface area contributed by atoms with Gasteiger partial charge in [0.25, 0.3) is 5.91 Å². The van der Waals surface area contributed by atoms with Gasteiger partial charge in [-0.15, -0.1) is 0 Å². The molecule has 0 spiro atoms. The molecule has 0 radical (unpaired) electrons. The Kier molecular flexibility index (Phi) is 3.88. The van der Waals surface area contributed by atoms with E-state index >= 15 is 0 Å². The van der Waals surface area contributed by atoms with Crippen LogP contribution in [0.1, 0.15) is 34.7 Å². The van der Waals surface area contributed by atoms with Gasteiger partial charge in [0.1, 0.15) is 5.75 Å². The largest absolute Gasteiger partial charge is 0.508 e. The average molecular weight is 306 g/mol. The number of likely N-dealkylation sites (tertiary alicyclic amines) is 1. The Bertz CT molecular complexity index is 627. The number of furan rings is 1. The molecule has 0 saturated carbocycles. The Labute approximate surface area is 127 Å². The molecule has 110 valence electrons. The summed E-state index contributed by atoms with van der Waals surface area (Å²) < 4.78 is 4.97. The second-order valence-corrected chi connectivity index (χ2v) is 5.61. The van der Waals surface area contributed by atoms with Gasteiger partial charge >= 0.3 is 0 Å². The van der Waals surface area contributed by atoms with Gasteiger partial charge in [0.2, 0.25) is 5.22 Å². The number of hydrogen-bond donors (Lipinski definition) is 1. The van der Waals surface area contributed by atoms with Crippen molar-refractivity contribution in [1.82, 2.24) is 4.90 Å². The molecule has 3 rings (SSSR count). The molecule has 0 unspecified atom stereocenters. The molecule has 1 aromatic heterocycles. The van der Waals surface area contributed by atoms with E-state index in [0.717, 1.165) is 12.8 Å². The molecule has 1 aromatic carbocycles. The number of rotatable bonds is 2. The van der Waals surface area contributed by atoms with Gasteiger partial charge in [-0.2, -0.15) is 0 Å². The van der Waals surface area contributed by atoms with Gasteiger partial charge in [-0.05, 0) is 54.1 Å². The number of nitrogens with zero attached hydrogens (tertiary/aromatic N) is 1. The van der Waals surface area contributed by atoms with Crippen LogP contribution in [-0.4, -0.2) is 29.0 Å². The zero-order valence-electron chi connectivity index (χ0n) is 11.5. The van der Waals surface area contributed by atoms with Gasteiger partial charge < -0.3 is 14.4 Å². The van der Waals surface area contributed by atoms with Crippen molar-refractivity contribution >= 4 is 17.5 Å². The van der Waals surface area contributed by atoms with Gasteiger partial charge in [0, 0.05) is 13.1 Å². The van der Waals surface area contributed by atoms with Crippen LogP contribution in [0.15, 0.2) is 41.0 Å². The third-order valence-electron chi connectivity index (χ3n) is 4.00. The minimum Gasteiger partial charge on any atom is -0.508 e. The maximum atomic E-state index is 12.3. The summed E-state index contributed by atoms with van der Waals surface area (Å²) in [6, 6.07) is 8.92. The molecule has 1 aliphatic heterocycles. The number of halogens is 1. The van der Waals surface area contributed by atoms with Crippen LogP contribution in [0.4, 0.5) is 0 Å². The summed E-state index contributed by atoms with van der Waals surface area (Å²) >= 11 is 5.86. The highest BCUT2D eigenvalue weighted by molar-refractivity contribution is 6.32. The van der Waals surface area contributed by atoms with Crippen LogP contribution in [0.3, 0.4) is 0 Å². The molecule has 2 aromatic rings. The Morgan fingerprint density at radius 3 is 2.43 bits per heavy atom. The summed E-state index contributed by atoms with van der Waals surface area (Å²) in [5, 5.41) is 9.48. The van der Waals surface area contributed by atoms with Crippen molar-refractivity contribution in [3.63, 3.8) is 0 Å². The highest BCUT2D eigenvalue weighted by Crippen LogP contribution is 2.30. The molecule has 0 aliphatic carbocycles. The first-order valence-corrected chi connectivity index (χ1v) is 7.34. The molecule has 1 N–H and O–H groups in total. The maximum absolute atomic E-state index is 12.3. The molecule has 1 saturated heterocycles. The van der Waals surface area contributed by atoms with Crippen molar-refractivity contribution in [2.75, 3.05) is 13.1 Å². The van der Waals surface area contributed by atoms with Crippen molar-refractivity contribution in [3.8, 4) is 5.75 Å². The smallest absolute Gasteiger partial charge is 0.258 e. The normalized spacial score (nSPS) is 16.1. The predicted molar refractivity (Wildman–Crippen MR) is 79.7 cm³/mol. The Morgan fingerprint density at radius 2 is 1.86 bits per heavy atom. The van der Waals surface area contributed by atoms with Crippen LogP contribution in [0.25, 0.3) is 0 Å². The van der Waals surface area contributed by atoms with Crippen molar-refractivity contribution in [2.24, 2.45) is 0 Å². The third-order valence-corrected chi connectivity index (χ3v) is 4.29. The predicted octanol–water partition coefficient (Wildman–Crippen LogP) is 3.66. The van der Waals surface area contributed by atoms with Crippen LogP contribution < -0.4 is 0 Å². The highest BCUT2D eigenvalue weighted by atomic mass is 35.5. The number of hydrogen-bond acceptors (Lipinski definition) is 3. The lowest BCUT2D eigenvalue weighted by Gasteiger charge is -2.32. The van der Waals surface area contributed by atoms with Crippen LogP contribution >= 0.6 is 11.6 Å². The van der Waals surface area contributed by atoms with Gasteiger partial charge in [-0.1, -0.05) is 12.1 Å².